The summed E-state index contributed by atoms with van der Waals surface area (Å²) in [6, 6.07) is 13.4. The van der Waals surface area contributed by atoms with Gasteiger partial charge in [0.15, 0.2) is 5.82 Å². The molecule has 0 spiro atoms. The zero-order valence-corrected chi connectivity index (χ0v) is 12.6. The maximum Gasteiger partial charge on any atom is 0.222 e. The Morgan fingerprint density at radius 1 is 1.17 bits per heavy atom. The smallest absolute Gasteiger partial charge is 0.222 e. The van der Waals surface area contributed by atoms with Crippen LogP contribution < -0.4 is 11.1 Å². The number of halogens is 1. The van der Waals surface area contributed by atoms with Crippen molar-refractivity contribution in [3.63, 3.8) is 0 Å². The topological polar surface area (TPSA) is 101 Å². The first-order valence-electron chi connectivity index (χ1n) is 7.14. The molecule has 6 nitrogen and oxygen atoms in total. The second-order valence-electron chi connectivity index (χ2n) is 4.95. The highest BCUT2D eigenvalue weighted by Gasteiger charge is 2.15. The molecule has 3 rings (SSSR count). The van der Waals surface area contributed by atoms with Gasteiger partial charge in [0.2, 0.25) is 5.95 Å². The average Bonchev–Trinajstić information content (AvgIpc) is 2.60. The lowest BCUT2D eigenvalue weighted by Crippen LogP contribution is -2.09. The molecule has 0 aliphatic carbocycles. The summed E-state index contributed by atoms with van der Waals surface area (Å²) in [6.07, 6.45) is 1.68. The molecule has 1 aromatic carbocycles. The molecule has 0 bridgehead atoms. The predicted molar refractivity (Wildman–Crippen MR) is 88.1 cm³/mol. The van der Waals surface area contributed by atoms with Gasteiger partial charge in [0.05, 0.1) is 17.9 Å². The molecule has 0 saturated carbocycles. The van der Waals surface area contributed by atoms with Crippen molar-refractivity contribution in [3.8, 4) is 17.3 Å². The van der Waals surface area contributed by atoms with Crippen LogP contribution in [0, 0.1) is 17.1 Å². The van der Waals surface area contributed by atoms with E-state index in [2.05, 4.69) is 26.3 Å². The van der Waals surface area contributed by atoms with Crippen molar-refractivity contribution in [1.29, 1.82) is 5.26 Å². The van der Waals surface area contributed by atoms with Crippen molar-refractivity contribution < 1.29 is 4.39 Å². The molecule has 0 unspecified atom stereocenters. The summed E-state index contributed by atoms with van der Waals surface area (Å²) < 4.78 is 13.5. The summed E-state index contributed by atoms with van der Waals surface area (Å²) in [6.45, 7) is 0.370. The third-order valence-electron chi connectivity index (χ3n) is 3.30. The van der Waals surface area contributed by atoms with E-state index in [4.69, 9.17) is 5.73 Å². The number of benzene rings is 1. The van der Waals surface area contributed by atoms with Gasteiger partial charge in [-0.3, -0.25) is 4.98 Å². The minimum atomic E-state index is -0.420. The zero-order valence-electron chi connectivity index (χ0n) is 12.6. The molecule has 0 fully saturated rings. The molecule has 0 radical (unpaired) electrons. The molecule has 0 amide bonds. The molecular formula is C17H13FN6. The van der Waals surface area contributed by atoms with Crippen molar-refractivity contribution in [2.75, 3.05) is 11.1 Å². The molecule has 7 heteroatoms. The number of nitrogens with two attached hydrogens (primary N) is 1. The van der Waals surface area contributed by atoms with Crippen LogP contribution in [0.5, 0.6) is 0 Å². The summed E-state index contributed by atoms with van der Waals surface area (Å²) in [5, 5.41) is 12.5. The van der Waals surface area contributed by atoms with Crippen LogP contribution in [-0.2, 0) is 6.54 Å². The SMILES string of the molecule is N#Cc1c(NCc2ccccn2)nc(N)nc1-c1cccc(F)c1. The summed E-state index contributed by atoms with van der Waals surface area (Å²) in [4.78, 5) is 12.4. The molecular weight excluding hydrogens is 307 g/mol. The molecule has 3 N–H and O–H groups in total. The van der Waals surface area contributed by atoms with Crippen molar-refractivity contribution in [2.45, 2.75) is 6.54 Å². The lowest BCUT2D eigenvalue weighted by Gasteiger charge is -2.11. The van der Waals surface area contributed by atoms with Gasteiger partial charge < -0.3 is 11.1 Å². The maximum atomic E-state index is 13.5. The van der Waals surface area contributed by atoms with Gasteiger partial charge in [0, 0.05) is 11.8 Å². The van der Waals surface area contributed by atoms with E-state index in [9.17, 15) is 9.65 Å². The molecule has 3 aromatic rings. The van der Waals surface area contributed by atoms with Crippen LogP contribution in [0.2, 0.25) is 0 Å². The molecule has 0 aliphatic heterocycles. The van der Waals surface area contributed by atoms with Crippen LogP contribution in [-0.4, -0.2) is 15.0 Å². The van der Waals surface area contributed by atoms with Gasteiger partial charge in [-0.2, -0.15) is 10.2 Å². The fourth-order valence-electron chi connectivity index (χ4n) is 2.23. The predicted octanol–water partition coefficient (Wildman–Crippen LogP) is 2.74. The highest BCUT2D eigenvalue weighted by molar-refractivity contribution is 5.74. The van der Waals surface area contributed by atoms with Crippen molar-refractivity contribution >= 4 is 11.8 Å². The lowest BCUT2D eigenvalue weighted by atomic mass is 10.1. The van der Waals surface area contributed by atoms with Gasteiger partial charge >= 0.3 is 0 Å². The standard InChI is InChI=1S/C17H13FN6/c18-12-5-3-4-11(8-12)15-14(9-19)16(24-17(20)23-15)22-10-13-6-1-2-7-21-13/h1-8H,10H2,(H3,20,22,23,24). The van der Waals surface area contributed by atoms with E-state index in [0.717, 1.165) is 5.69 Å². The Bertz CT molecular complexity index is 905. The number of aromatic nitrogens is 3. The number of rotatable bonds is 4. The van der Waals surface area contributed by atoms with E-state index < -0.39 is 5.82 Å². The minimum Gasteiger partial charge on any atom is -0.368 e. The van der Waals surface area contributed by atoms with Crippen LogP contribution in [0.25, 0.3) is 11.3 Å². The van der Waals surface area contributed by atoms with E-state index >= 15 is 0 Å². The Balaban J connectivity index is 1.99. The summed E-state index contributed by atoms with van der Waals surface area (Å²) >= 11 is 0. The quantitative estimate of drug-likeness (QED) is 0.766. The van der Waals surface area contributed by atoms with Gasteiger partial charge in [0.25, 0.3) is 0 Å². The molecule has 2 heterocycles. The number of nitrogens with zero attached hydrogens (tertiary/aromatic N) is 4. The van der Waals surface area contributed by atoms with Gasteiger partial charge in [-0.15, -0.1) is 0 Å². The fourth-order valence-corrected chi connectivity index (χ4v) is 2.23. The van der Waals surface area contributed by atoms with E-state index in [1.165, 1.54) is 12.1 Å². The van der Waals surface area contributed by atoms with E-state index in [1.54, 1.807) is 18.3 Å². The summed E-state index contributed by atoms with van der Waals surface area (Å²) in [5.74, 6) is -0.136. The Morgan fingerprint density at radius 3 is 2.75 bits per heavy atom. The zero-order chi connectivity index (χ0) is 16.9. The molecule has 0 aliphatic rings. The molecule has 118 valence electrons. The van der Waals surface area contributed by atoms with E-state index in [-0.39, 0.29) is 23.0 Å². The number of nitrogen functional groups attached to an aromatic ring is 1. The fraction of sp³-hybridized carbons (Fsp3) is 0.0588. The number of anilines is 2. The van der Waals surface area contributed by atoms with Gasteiger partial charge in [-0.1, -0.05) is 18.2 Å². The van der Waals surface area contributed by atoms with Crippen molar-refractivity contribution in [3.05, 3.63) is 65.7 Å². The Morgan fingerprint density at radius 2 is 2.04 bits per heavy atom. The van der Waals surface area contributed by atoms with Crippen molar-refractivity contribution in [1.82, 2.24) is 15.0 Å². The van der Waals surface area contributed by atoms with Crippen LogP contribution in [0.4, 0.5) is 16.2 Å². The largest absolute Gasteiger partial charge is 0.368 e. The second-order valence-corrected chi connectivity index (χ2v) is 4.95. The number of pyridine rings is 1. The normalized spacial score (nSPS) is 10.2. The number of nitriles is 1. The third-order valence-corrected chi connectivity index (χ3v) is 3.30. The minimum absolute atomic E-state index is 0.00298. The highest BCUT2D eigenvalue weighted by Crippen LogP contribution is 2.27. The van der Waals surface area contributed by atoms with Crippen LogP contribution in [0.15, 0.2) is 48.7 Å². The Hall–Kier alpha value is -3.53. The summed E-state index contributed by atoms with van der Waals surface area (Å²) in [5.41, 5.74) is 7.47. The molecule has 0 saturated heterocycles. The average molecular weight is 320 g/mol. The first-order chi connectivity index (χ1) is 11.7. The maximum absolute atomic E-state index is 13.5. The van der Waals surface area contributed by atoms with E-state index in [0.29, 0.717) is 12.1 Å². The van der Waals surface area contributed by atoms with Crippen LogP contribution >= 0.6 is 0 Å². The van der Waals surface area contributed by atoms with E-state index in [1.807, 2.05) is 18.2 Å². The molecule has 24 heavy (non-hydrogen) atoms. The Kier molecular flexibility index (Phi) is 4.29. The number of nitrogens with one attached hydrogen (secondary N) is 1. The third kappa shape index (κ3) is 3.28. The first kappa shape index (κ1) is 15.4. The highest BCUT2D eigenvalue weighted by atomic mass is 19.1. The van der Waals surface area contributed by atoms with Crippen LogP contribution in [0.3, 0.4) is 0 Å². The van der Waals surface area contributed by atoms with Crippen LogP contribution in [0.1, 0.15) is 11.3 Å². The van der Waals surface area contributed by atoms with Gasteiger partial charge in [-0.05, 0) is 24.3 Å². The number of hydrogen-bond donors (Lipinski definition) is 2. The first-order valence-corrected chi connectivity index (χ1v) is 7.14. The second kappa shape index (κ2) is 6.71. The van der Waals surface area contributed by atoms with Crippen molar-refractivity contribution in [2.24, 2.45) is 0 Å². The van der Waals surface area contributed by atoms with Gasteiger partial charge in [0.1, 0.15) is 17.4 Å². The summed E-state index contributed by atoms with van der Waals surface area (Å²) in [7, 11) is 0. The lowest BCUT2D eigenvalue weighted by molar-refractivity contribution is 0.628. The number of hydrogen-bond acceptors (Lipinski definition) is 6. The van der Waals surface area contributed by atoms with Gasteiger partial charge in [-0.25, -0.2) is 9.37 Å². The Labute approximate surface area is 137 Å². The molecule has 2 aromatic heterocycles. The monoisotopic (exact) mass is 320 g/mol. The molecule has 0 atom stereocenters.